The second kappa shape index (κ2) is 7.28. The van der Waals surface area contributed by atoms with Gasteiger partial charge in [-0.15, -0.1) is 0 Å². The van der Waals surface area contributed by atoms with Gasteiger partial charge in [0.1, 0.15) is 0 Å². The van der Waals surface area contributed by atoms with Crippen molar-refractivity contribution in [1.29, 1.82) is 0 Å². The number of halogens is 1. The highest BCUT2D eigenvalue weighted by Crippen LogP contribution is 2.20. The van der Waals surface area contributed by atoms with E-state index in [2.05, 4.69) is 5.32 Å². The van der Waals surface area contributed by atoms with E-state index < -0.39 is 10.0 Å². The van der Waals surface area contributed by atoms with Gasteiger partial charge in [0.15, 0.2) is 0 Å². The van der Waals surface area contributed by atoms with Crippen LogP contribution in [0.3, 0.4) is 0 Å². The maximum Gasteiger partial charge on any atom is 0.324 e. The minimum atomic E-state index is -3.60. The molecule has 136 valence electrons. The average Bonchev–Trinajstić information content (AvgIpc) is 3.01. The molecule has 3 rings (SSSR count). The number of sulfonamides is 1. The Bertz CT molecular complexity index is 777. The Kier molecular flexibility index (Phi) is 5.28. The zero-order valence-corrected chi connectivity index (χ0v) is 15.1. The average molecular weight is 387 g/mol. The first-order chi connectivity index (χ1) is 11.9. The molecule has 0 atom stereocenters. The lowest BCUT2D eigenvalue weighted by molar-refractivity contribution is -0.129. The molecule has 1 aromatic carbocycles. The highest BCUT2D eigenvalue weighted by Gasteiger charge is 2.31. The molecule has 2 saturated heterocycles. The molecule has 8 nitrogen and oxygen atoms in total. The van der Waals surface area contributed by atoms with Crippen LogP contribution in [0.5, 0.6) is 0 Å². The fourth-order valence-electron chi connectivity index (χ4n) is 2.89. The van der Waals surface area contributed by atoms with Crippen molar-refractivity contribution in [1.82, 2.24) is 19.4 Å². The second-order valence-corrected chi connectivity index (χ2v) is 8.29. The molecule has 1 aromatic rings. The Labute approximate surface area is 151 Å². The van der Waals surface area contributed by atoms with E-state index in [9.17, 15) is 18.0 Å². The summed E-state index contributed by atoms with van der Waals surface area (Å²) in [7, 11) is -3.60. The van der Waals surface area contributed by atoms with Gasteiger partial charge in [-0.2, -0.15) is 4.31 Å². The van der Waals surface area contributed by atoms with Crippen molar-refractivity contribution >= 4 is 33.6 Å². The van der Waals surface area contributed by atoms with Crippen LogP contribution in [0.15, 0.2) is 29.2 Å². The van der Waals surface area contributed by atoms with Crippen LogP contribution in [0.25, 0.3) is 0 Å². The van der Waals surface area contributed by atoms with Crippen molar-refractivity contribution < 1.29 is 18.0 Å². The van der Waals surface area contributed by atoms with E-state index >= 15 is 0 Å². The lowest BCUT2D eigenvalue weighted by Gasteiger charge is -2.34. The highest BCUT2D eigenvalue weighted by molar-refractivity contribution is 7.89. The second-order valence-electron chi connectivity index (χ2n) is 5.91. The Hall–Kier alpha value is -1.68. The summed E-state index contributed by atoms with van der Waals surface area (Å²) in [5, 5.41) is 2.96. The molecule has 0 unspecified atom stereocenters. The fourth-order valence-corrected chi connectivity index (χ4v) is 4.61. The maximum atomic E-state index is 12.6. The molecule has 0 bridgehead atoms. The van der Waals surface area contributed by atoms with Gasteiger partial charge in [-0.1, -0.05) is 17.7 Å². The largest absolute Gasteiger partial charge is 0.336 e. The van der Waals surface area contributed by atoms with Gasteiger partial charge in [0.2, 0.25) is 15.9 Å². The number of hydrogen-bond acceptors (Lipinski definition) is 5. The molecular formula is C15H19ClN4O4S. The molecule has 2 aliphatic heterocycles. The number of urea groups is 1. The molecular weight excluding hydrogens is 368 g/mol. The monoisotopic (exact) mass is 386 g/mol. The number of carbonyl (C=O) groups excluding carboxylic acids is 2. The Morgan fingerprint density at radius 3 is 2.48 bits per heavy atom. The quantitative estimate of drug-likeness (QED) is 0.798. The van der Waals surface area contributed by atoms with E-state index in [-0.39, 0.29) is 36.5 Å². The van der Waals surface area contributed by atoms with Gasteiger partial charge < -0.3 is 5.32 Å². The number of imide groups is 1. The van der Waals surface area contributed by atoms with Crippen molar-refractivity contribution in [2.45, 2.75) is 4.90 Å². The van der Waals surface area contributed by atoms with Crippen LogP contribution in [0, 0.1) is 0 Å². The molecule has 2 fully saturated rings. The highest BCUT2D eigenvalue weighted by atomic mass is 35.5. The Morgan fingerprint density at radius 2 is 1.88 bits per heavy atom. The summed E-state index contributed by atoms with van der Waals surface area (Å²) < 4.78 is 26.7. The topological polar surface area (TPSA) is 90.0 Å². The Morgan fingerprint density at radius 1 is 1.16 bits per heavy atom. The minimum Gasteiger partial charge on any atom is -0.336 e. The molecule has 2 heterocycles. The number of benzene rings is 1. The van der Waals surface area contributed by atoms with Crippen LogP contribution in [-0.2, 0) is 14.8 Å². The van der Waals surface area contributed by atoms with E-state index in [1.54, 1.807) is 12.1 Å². The molecule has 25 heavy (non-hydrogen) atoms. The normalized spacial score (nSPS) is 19.9. The van der Waals surface area contributed by atoms with E-state index in [4.69, 9.17) is 11.6 Å². The molecule has 1 N–H and O–H groups in total. The number of hydrogen-bond donors (Lipinski definition) is 1. The smallest absolute Gasteiger partial charge is 0.324 e. The predicted molar refractivity (Wildman–Crippen MR) is 91.8 cm³/mol. The third-order valence-electron chi connectivity index (χ3n) is 4.28. The first-order valence-electron chi connectivity index (χ1n) is 7.94. The molecule has 0 radical (unpaired) electrons. The number of rotatable bonds is 4. The van der Waals surface area contributed by atoms with Crippen molar-refractivity contribution in [3.05, 3.63) is 29.3 Å². The van der Waals surface area contributed by atoms with E-state index in [0.29, 0.717) is 31.2 Å². The standard InChI is InChI=1S/C15H19ClN4O4S/c16-12-2-1-3-13(10-12)25(23,24)19-8-6-18(7-9-19)11-14(21)20-5-4-17-15(20)22/h1-3,10H,4-9,11H2,(H,17,22). The zero-order valence-electron chi connectivity index (χ0n) is 13.5. The van der Waals surface area contributed by atoms with Crippen molar-refractivity contribution in [2.75, 3.05) is 45.8 Å². The summed E-state index contributed by atoms with van der Waals surface area (Å²) in [6, 6.07) is 5.80. The Balaban J connectivity index is 1.58. The summed E-state index contributed by atoms with van der Waals surface area (Å²) in [5.41, 5.74) is 0. The molecule has 0 aromatic heterocycles. The number of nitrogens with zero attached hydrogens (tertiary/aromatic N) is 3. The third kappa shape index (κ3) is 3.95. The van der Waals surface area contributed by atoms with Gasteiger partial charge in [-0.25, -0.2) is 13.2 Å². The van der Waals surface area contributed by atoms with Gasteiger partial charge in [-0.3, -0.25) is 14.6 Å². The third-order valence-corrected chi connectivity index (χ3v) is 6.41. The number of carbonyl (C=O) groups is 2. The number of nitrogens with one attached hydrogen (secondary N) is 1. The molecule has 0 saturated carbocycles. The van der Waals surface area contributed by atoms with Crippen LogP contribution in [0.4, 0.5) is 4.79 Å². The summed E-state index contributed by atoms with van der Waals surface area (Å²) in [6.45, 7) is 2.39. The van der Waals surface area contributed by atoms with Crippen LogP contribution < -0.4 is 5.32 Å². The lowest BCUT2D eigenvalue weighted by Crippen LogP contribution is -2.51. The van der Waals surface area contributed by atoms with E-state index in [1.165, 1.54) is 21.3 Å². The first kappa shape index (κ1) is 18.1. The first-order valence-corrected chi connectivity index (χ1v) is 9.76. The molecule has 10 heteroatoms. The summed E-state index contributed by atoms with van der Waals surface area (Å²) in [6.07, 6.45) is 0. The number of piperazine rings is 1. The molecule has 0 spiro atoms. The van der Waals surface area contributed by atoms with E-state index in [1.807, 2.05) is 4.90 Å². The SMILES string of the molecule is O=C(CN1CCN(S(=O)(=O)c2cccc(Cl)c2)CC1)N1CCNC1=O. The van der Waals surface area contributed by atoms with E-state index in [0.717, 1.165) is 0 Å². The zero-order chi connectivity index (χ0) is 18.0. The fraction of sp³-hybridized carbons (Fsp3) is 0.467. The lowest BCUT2D eigenvalue weighted by atomic mass is 10.3. The van der Waals surface area contributed by atoms with Crippen molar-refractivity contribution in [3.63, 3.8) is 0 Å². The van der Waals surface area contributed by atoms with Crippen LogP contribution in [0.1, 0.15) is 0 Å². The summed E-state index contributed by atoms with van der Waals surface area (Å²) in [4.78, 5) is 26.9. The van der Waals surface area contributed by atoms with Gasteiger partial charge in [0.05, 0.1) is 11.4 Å². The van der Waals surface area contributed by atoms with Crippen LogP contribution in [-0.4, -0.2) is 80.3 Å². The maximum absolute atomic E-state index is 12.6. The van der Waals surface area contributed by atoms with Crippen molar-refractivity contribution in [3.8, 4) is 0 Å². The van der Waals surface area contributed by atoms with Gasteiger partial charge in [-0.05, 0) is 18.2 Å². The predicted octanol–water partition coefficient (Wildman–Crippen LogP) is 0.198. The van der Waals surface area contributed by atoms with Gasteiger partial charge in [0, 0.05) is 44.3 Å². The van der Waals surface area contributed by atoms with Crippen LogP contribution >= 0.6 is 11.6 Å². The van der Waals surface area contributed by atoms with Gasteiger partial charge in [0.25, 0.3) is 0 Å². The van der Waals surface area contributed by atoms with Crippen molar-refractivity contribution in [2.24, 2.45) is 0 Å². The van der Waals surface area contributed by atoms with Crippen LogP contribution in [0.2, 0.25) is 5.02 Å². The minimum absolute atomic E-state index is 0.110. The molecule has 0 aliphatic carbocycles. The van der Waals surface area contributed by atoms with Gasteiger partial charge >= 0.3 is 6.03 Å². The summed E-state index contributed by atoms with van der Waals surface area (Å²) >= 11 is 5.88. The molecule has 2 aliphatic rings. The molecule has 3 amide bonds. The number of amides is 3. The summed E-state index contributed by atoms with van der Waals surface area (Å²) in [5.74, 6) is -0.263.